The molecule has 8 nitrogen and oxygen atoms in total. The van der Waals surface area contributed by atoms with Gasteiger partial charge in [-0.25, -0.2) is 0 Å². The summed E-state index contributed by atoms with van der Waals surface area (Å²) in [5.41, 5.74) is 3.15. The fraction of sp³-hybridized carbons (Fsp3) is 0.333. The van der Waals surface area contributed by atoms with E-state index >= 15 is 0 Å². The highest BCUT2D eigenvalue weighted by molar-refractivity contribution is 6.10. The van der Waals surface area contributed by atoms with Crippen LogP contribution in [0.3, 0.4) is 0 Å². The van der Waals surface area contributed by atoms with Crippen LogP contribution in [-0.2, 0) is 16.6 Å². The minimum atomic E-state index is -0.767. The third-order valence-electron chi connectivity index (χ3n) is 4.48. The summed E-state index contributed by atoms with van der Waals surface area (Å²) in [6, 6.07) is 6.04. The van der Waals surface area contributed by atoms with Gasteiger partial charge < -0.3 is 16.0 Å². The molecule has 0 saturated heterocycles. The number of carbonyl (C=O) groups excluding carboxylic acids is 3. The third kappa shape index (κ3) is 3.44. The molecule has 1 unspecified atom stereocenters. The van der Waals surface area contributed by atoms with Gasteiger partial charge in [-0.15, -0.1) is 0 Å². The summed E-state index contributed by atoms with van der Waals surface area (Å²) < 4.78 is 1.70. The van der Waals surface area contributed by atoms with Crippen molar-refractivity contribution in [3.8, 4) is 0 Å². The van der Waals surface area contributed by atoms with Gasteiger partial charge in [0.2, 0.25) is 11.8 Å². The van der Waals surface area contributed by atoms with E-state index < -0.39 is 6.04 Å². The van der Waals surface area contributed by atoms with Crippen LogP contribution in [0.4, 0.5) is 11.4 Å². The first-order chi connectivity index (χ1) is 12.4. The van der Waals surface area contributed by atoms with Crippen molar-refractivity contribution in [1.82, 2.24) is 15.1 Å². The first-order valence-electron chi connectivity index (χ1n) is 8.37. The van der Waals surface area contributed by atoms with Gasteiger partial charge >= 0.3 is 0 Å². The van der Waals surface area contributed by atoms with Crippen molar-refractivity contribution in [2.24, 2.45) is 7.05 Å². The largest absolute Gasteiger partial charge is 0.340 e. The summed E-state index contributed by atoms with van der Waals surface area (Å²) in [6.07, 6.45) is 0.304. The molecule has 2 heterocycles. The SMILES string of the molecule is Cc1nn(C)c(C)c1NC(=O)CCC1NC(=O)c2ccccc2NC1=O. The maximum atomic E-state index is 12.3. The van der Waals surface area contributed by atoms with Crippen molar-refractivity contribution in [3.05, 3.63) is 41.2 Å². The molecule has 3 rings (SSSR count). The molecule has 0 spiro atoms. The van der Waals surface area contributed by atoms with Crippen LogP contribution in [0.25, 0.3) is 0 Å². The van der Waals surface area contributed by atoms with E-state index in [1.54, 1.807) is 36.0 Å². The molecular formula is C18H21N5O3. The van der Waals surface area contributed by atoms with Gasteiger partial charge in [0.05, 0.1) is 28.3 Å². The number of nitrogens with zero attached hydrogens (tertiary/aromatic N) is 2. The van der Waals surface area contributed by atoms with Gasteiger partial charge in [-0.2, -0.15) is 5.10 Å². The zero-order valence-corrected chi connectivity index (χ0v) is 14.9. The molecule has 0 aliphatic carbocycles. The Labute approximate surface area is 151 Å². The first-order valence-corrected chi connectivity index (χ1v) is 8.37. The number of carbonyl (C=O) groups is 3. The smallest absolute Gasteiger partial charge is 0.254 e. The predicted molar refractivity (Wildman–Crippen MR) is 96.9 cm³/mol. The maximum absolute atomic E-state index is 12.3. The number of benzene rings is 1. The van der Waals surface area contributed by atoms with Gasteiger partial charge in [-0.1, -0.05) is 12.1 Å². The van der Waals surface area contributed by atoms with Gasteiger partial charge in [0.1, 0.15) is 6.04 Å². The van der Waals surface area contributed by atoms with Crippen LogP contribution in [0, 0.1) is 13.8 Å². The lowest BCUT2D eigenvalue weighted by Gasteiger charge is -2.14. The molecule has 1 aromatic heterocycles. The summed E-state index contributed by atoms with van der Waals surface area (Å²) in [5, 5.41) is 12.5. The van der Waals surface area contributed by atoms with Gasteiger partial charge in [0.25, 0.3) is 5.91 Å². The molecule has 1 aromatic carbocycles. The Bertz CT molecular complexity index is 887. The van der Waals surface area contributed by atoms with E-state index in [1.165, 1.54) is 0 Å². The summed E-state index contributed by atoms with van der Waals surface area (Å²) in [4.78, 5) is 36.9. The van der Waals surface area contributed by atoms with E-state index in [2.05, 4.69) is 21.0 Å². The zero-order valence-electron chi connectivity index (χ0n) is 14.9. The number of para-hydroxylation sites is 1. The number of amides is 3. The molecular weight excluding hydrogens is 334 g/mol. The number of hydrogen-bond donors (Lipinski definition) is 3. The molecule has 2 aromatic rings. The molecule has 136 valence electrons. The fourth-order valence-electron chi connectivity index (χ4n) is 2.95. The Hall–Kier alpha value is -3.16. The molecule has 3 amide bonds. The zero-order chi connectivity index (χ0) is 18.8. The second kappa shape index (κ2) is 6.99. The number of rotatable bonds is 4. The van der Waals surface area contributed by atoms with Gasteiger partial charge in [0, 0.05) is 13.5 Å². The van der Waals surface area contributed by atoms with Gasteiger partial charge in [-0.3, -0.25) is 19.1 Å². The van der Waals surface area contributed by atoms with Crippen molar-refractivity contribution in [2.45, 2.75) is 32.7 Å². The number of aryl methyl sites for hydroxylation is 2. The van der Waals surface area contributed by atoms with E-state index in [9.17, 15) is 14.4 Å². The lowest BCUT2D eigenvalue weighted by atomic mass is 10.1. The normalized spacial score (nSPS) is 16.3. The quantitative estimate of drug-likeness (QED) is 0.773. The number of fused-ring (bicyclic) bond motifs is 1. The Balaban J connectivity index is 1.63. The van der Waals surface area contributed by atoms with Gasteiger partial charge in [0.15, 0.2) is 0 Å². The average molecular weight is 355 g/mol. The van der Waals surface area contributed by atoms with Crippen molar-refractivity contribution in [3.63, 3.8) is 0 Å². The number of anilines is 2. The molecule has 0 saturated carbocycles. The first kappa shape index (κ1) is 17.7. The highest BCUT2D eigenvalue weighted by atomic mass is 16.2. The van der Waals surface area contributed by atoms with Crippen molar-refractivity contribution < 1.29 is 14.4 Å². The average Bonchev–Trinajstić information content (AvgIpc) is 2.77. The molecule has 8 heteroatoms. The van der Waals surface area contributed by atoms with Crippen LogP contribution in [0.15, 0.2) is 24.3 Å². The molecule has 1 atom stereocenters. The van der Waals surface area contributed by atoms with Crippen LogP contribution in [0.5, 0.6) is 0 Å². The number of nitrogens with one attached hydrogen (secondary N) is 3. The number of hydrogen-bond acceptors (Lipinski definition) is 4. The lowest BCUT2D eigenvalue weighted by molar-refractivity contribution is -0.118. The van der Waals surface area contributed by atoms with E-state index in [4.69, 9.17) is 0 Å². The van der Waals surface area contributed by atoms with Crippen LogP contribution in [-0.4, -0.2) is 33.5 Å². The lowest BCUT2D eigenvalue weighted by Crippen LogP contribution is -2.41. The maximum Gasteiger partial charge on any atom is 0.254 e. The molecule has 3 N–H and O–H groups in total. The third-order valence-corrected chi connectivity index (χ3v) is 4.48. The minimum Gasteiger partial charge on any atom is -0.340 e. The molecule has 1 aliphatic rings. The summed E-state index contributed by atoms with van der Waals surface area (Å²) in [5.74, 6) is -0.888. The molecule has 0 radical (unpaired) electrons. The van der Waals surface area contributed by atoms with Crippen molar-refractivity contribution >= 4 is 29.1 Å². The second-order valence-corrected chi connectivity index (χ2v) is 6.32. The predicted octanol–water partition coefficient (Wildman–Crippen LogP) is 1.51. The highest BCUT2D eigenvalue weighted by Crippen LogP contribution is 2.21. The molecule has 1 aliphatic heterocycles. The molecule has 26 heavy (non-hydrogen) atoms. The Morgan fingerprint density at radius 1 is 1.27 bits per heavy atom. The number of aromatic nitrogens is 2. The molecule has 0 bridgehead atoms. The Morgan fingerprint density at radius 2 is 2.00 bits per heavy atom. The van der Waals surface area contributed by atoms with Crippen molar-refractivity contribution in [2.75, 3.05) is 10.6 Å². The highest BCUT2D eigenvalue weighted by Gasteiger charge is 2.28. The van der Waals surface area contributed by atoms with E-state index in [-0.39, 0.29) is 30.6 Å². The minimum absolute atomic E-state index is 0.0997. The monoisotopic (exact) mass is 355 g/mol. The van der Waals surface area contributed by atoms with Crippen LogP contribution in [0.1, 0.15) is 34.6 Å². The Morgan fingerprint density at radius 3 is 2.69 bits per heavy atom. The van der Waals surface area contributed by atoms with Crippen molar-refractivity contribution in [1.29, 1.82) is 0 Å². The van der Waals surface area contributed by atoms with Crippen LogP contribution in [0.2, 0.25) is 0 Å². The fourth-order valence-corrected chi connectivity index (χ4v) is 2.95. The van der Waals surface area contributed by atoms with Gasteiger partial charge in [-0.05, 0) is 32.4 Å². The van der Waals surface area contributed by atoms with E-state index in [1.807, 2.05) is 13.8 Å². The van der Waals surface area contributed by atoms with E-state index in [0.717, 1.165) is 11.4 Å². The second-order valence-electron chi connectivity index (χ2n) is 6.32. The van der Waals surface area contributed by atoms with E-state index in [0.29, 0.717) is 16.9 Å². The standard InChI is InChI=1S/C18H21N5O3/c1-10-16(11(2)23(3)22-10)21-15(24)9-8-14-18(26)19-13-7-5-4-6-12(13)17(25)20-14/h4-7,14H,8-9H2,1-3H3,(H,19,26)(H,20,25)(H,21,24). The van der Waals surface area contributed by atoms with Crippen LogP contribution < -0.4 is 16.0 Å². The van der Waals surface area contributed by atoms with Crippen LogP contribution >= 0.6 is 0 Å². The summed E-state index contributed by atoms with van der Waals surface area (Å²) >= 11 is 0. The summed E-state index contributed by atoms with van der Waals surface area (Å²) in [7, 11) is 1.81. The topological polar surface area (TPSA) is 105 Å². The molecule has 0 fully saturated rings. The Kier molecular flexibility index (Phi) is 4.75. The summed E-state index contributed by atoms with van der Waals surface area (Å²) in [6.45, 7) is 3.69.